The molecule has 1 saturated carbocycles. The van der Waals surface area contributed by atoms with Crippen molar-refractivity contribution in [3.8, 4) is 0 Å². The number of aliphatic hydroxyl groups is 1. The van der Waals surface area contributed by atoms with Gasteiger partial charge in [-0.15, -0.1) is 11.8 Å². The number of nitrogens with zero attached hydrogens (tertiary/aromatic N) is 4. The zero-order valence-electron chi connectivity index (χ0n) is 23.8. The minimum Gasteiger partial charge on any atom is -0.390 e. The highest BCUT2D eigenvalue weighted by molar-refractivity contribution is 7.98. The molecule has 2 aromatic rings. The van der Waals surface area contributed by atoms with E-state index in [1.54, 1.807) is 18.0 Å². The summed E-state index contributed by atoms with van der Waals surface area (Å²) in [6.07, 6.45) is 8.82. The first kappa shape index (κ1) is 30.3. The molecule has 0 aromatic carbocycles. The van der Waals surface area contributed by atoms with Gasteiger partial charge in [0.05, 0.1) is 23.6 Å². The molecule has 0 radical (unpaired) electrons. The highest BCUT2D eigenvalue weighted by Crippen LogP contribution is 2.35. The van der Waals surface area contributed by atoms with Crippen molar-refractivity contribution in [1.29, 1.82) is 0 Å². The summed E-state index contributed by atoms with van der Waals surface area (Å²) in [4.78, 5) is 19.2. The van der Waals surface area contributed by atoms with Crippen LogP contribution in [0.4, 0.5) is 17.5 Å². The Kier molecular flexibility index (Phi) is 11.8. The van der Waals surface area contributed by atoms with Crippen LogP contribution in [0.1, 0.15) is 76.2 Å². The molecule has 1 aliphatic rings. The van der Waals surface area contributed by atoms with Crippen LogP contribution in [-0.4, -0.2) is 58.7 Å². The molecule has 1 atom stereocenters. The molecule has 0 bridgehead atoms. The lowest BCUT2D eigenvalue weighted by atomic mass is 9.86. The zero-order chi connectivity index (χ0) is 27.5. The van der Waals surface area contributed by atoms with Crippen molar-refractivity contribution in [3.63, 3.8) is 0 Å². The van der Waals surface area contributed by atoms with Gasteiger partial charge in [0.2, 0.25) is 5.95 Å². The largest absolute Gasteiger partial charge is 0.390 e. The quantitative estimate of drug-likeness (QED) is 0.128. The fraction of sp³-hybridized carbons (Fsp3) is 0.655. The van der Waals surface area contributed by atoms with Crippen LogP contribution in [0.25, 0.3) is 0 Å². The number of hydrogen-bond acceptors (Lipinski definition) is 9. The van der Waals surface area contributed by atoms with Crippen molar-refractivity contribution in [3.05, 3.63) is 29.2 Å². The number of hydrogen-bond donors (Lipinski definition) is 3. The summed E-state index contributed by atoms with van der Waals surface area (Å²) < 4.78 is 5.90. The van der Waals surface area contributed by atoms with Gasteiger partial charge in [0.1, 0.15) is 5.82 Å². The average Bonchev–Trinajstić information content (AvgIpc) is 3.39. The van der Waals surface area contributed by atoms with Crippen molar-refractivity contribution < 1.29 is 9.84 Å². The van der Waals surface area contributed by atoms with Crippen molar-refractivity contribution in [2.45, 2.75) is 89.4 Å². The molecule has 0 spiro atoms. The van der Waals surface area contributed by atoms with Crippen LogP contribution in [0.15, 0.2) is 22.2 Å². The molecule has 3 N–H and O–H groups in total. The molecule has 0 amide bonds. The minimum absolute atomic E-state index is 0.200. The van der Waals surface area contributed by atoms with E-state index in [-0.39, 0.29) is 5.92 Å². The van der Waals surface area contributed by atoms with Gasteiger partial charge in [-0.1, -0.05) is 26.2 Å². The first-order valence-electron chi connectivity index (χ1n) is 13.9. The third kappa shape index (κ3) is 8.92. The highest BCUT2D eigenvalue weighted by Gasteiger charge is 2.25. The summed E-state index contributed by atoms with van der Waals surface area (Å²) in [6.45, 7) is 16.5. The van der Waals surface area contributed by atoms with Gasteiger partial charge in [0, 0.05) is 47.8 Å². The molecule has 9 heteroatoms. The van der Waals surface area contributed by atoms with E-state index in [4.69, 9.17) is 14.7 Å². The van der Waals surface area contributed by atoms with Gasteiger partial charge in [0.15, 0.2) is 0 Å². The molecular formula is C29H46N6O2S. The molecule has 210 valence electrons. The van der Waals surface area contributed by atoms with Crippen LogP contribution in [0.3, 0.4) is 0 Å². The lowest BCUT2D eigenvalue weighted by Gasteiger charge is -2.28. The van der Waals surface area contributed by atoms with E-state index in [1.165, 1.54) is 25.7 Å². The van der Waals surface area contributed by atoms with Crippen LogP contribution < -0.4 is 10.6 Å². The number of ether oxygens (including phenoxy) is 1. The second-order valence-corrected chi connectivity index (χ2v) is 11.8. The molecule has 2 aromatic heterocycles. The van der Waals surface area contributed by atoms with Gasteiger partial charge in [-0.2, -0.15) is 4.98 Å². The summed E-state index contributed by atoms with van der Waals surface area (Å²) in [6, 6.07) is 1.97. The molecule has 3 rings (SSSR count). The maximum atomic E-state index is 10.5. The van der Waals surface area contributed by atoms with Crippen LogP contribution in [0, 0.1) is 25.7 Å². The normalized spacial score (nSPS) is 15.0. The van der Waals surface area contributed by atoms with E-state index in [2.05, 4.69) is 34.3 Å². The van der Waals surface area contributed by atoms with Gasteiger partial charge < -0.3 is 20.5 Å². The first-order chi connectivity index (χ1) is 18.2. The molecular weight excluding hydrogens is 496 g/mol. The summed E-state index contributed by atoms with van der Waals surface area (Å²) in [7, 11) is 0. The van der Waals surface area contributed by atoms with E-state index in [1.807, 2.05) is 33.8 Å². The first-order valence-corrected chi connectivity index (χ1v) is 14.9. The molecule has 0 aliphatic heterocycles. The Morgan fingerprint density at radius 3 is 2.63 bits per heavy atom. The number of thioether (sulfide) groups is 1. The Morgan fingerprint density at radius 2 is 1.95 bits per heavy atom. The summed E-state index contributed by atoms with van der Waals surface area (Å²) in [5.74, 6) is 3.03. The Bertz CT molecular complexity index is 1040. The molecule has 38 heavy (non-hydrogen) atoms. The standard InChI is InChI=1S/C29H46N6O2S/c1-7-23(29(4,5)36)12-14-32-27-24(19-38-25-13-15-31-21(3)26(25)30-6)20(2)34-28(35-27)33-16-17-37-18-22-10-8-9-11-22/h13,15,22-23,36H,6-12,14,16-19H2,1-5H3,(H2,32,33,34,35). The topological polar surface area (TPSA) is 105 Å². The fourth-order valence-electron chi connectivity index (χ4n) is 5.07. The Labute approximate surface area is 232 Å². The number of pyridine rings is 1. The predicted molar refractivity (Wildman–Crippen MR) is 159 cm³/mol. The third-order valence-electron chi connectivity index (χ3n) is 7.45. The van der Waals surface area contributed by atoms with E-state index >= 15 is 0 Å². The van der Waals surface area contributed by atoms with Gasteiger partial charge >= 0.3 is 0 Å². The molecule has 1 fully saturated rings. The van der Waals surface area contributed by atoms with Crippen LogP contribution in [0.5, 0.6) is 0 Å². The van der Waals surface area contributed by atoms with Gasteiger partial charge in [0.25, 0.3) is 0 Å². The smallest absolute Gasteiger partial charge is 0.224 e. The molecule has 1 aliphatic carbocycles. The Morgan fingerprint density at radius 1 is 1.18 bits per heavy atom. The van der Waals surface area contributed by atoms with Gasteiger partial charge in [-0.05, 0) is 71.6 Å². The molecule has 0 saturated heterocycles. The van der Waals surface area contributed by atoms with E-state index < -0.39 is 5.60 Å². The van der Waals surface area contributed by atoms with E-state index in [9.17, 15) is 5.11 Å². The van der Waals surface area contributed by atoms with E-state index in [0.717, 1.165) is 58.7 Å². The fourth-order valence-corrected chi connectivity index (χ4v) is 6.22. The monoisotopic (exact) mass is 542 g/mol. The van der Waals surface area contributed by atoms with Crippen LogP contribution in [0.2, 0.25) is 0 Å². The van der Waals surface area contributed by atoms with Crippen LogP contribution >= 0.6 is 11.8 Å². The van der Waals surface area contributed by atoms with Gasteiger partial charge in [-0.3, -0.25) is 9.98 Å². The zero-order valence-corrected chi connectivity index (χ0v) is 24.7. The lowest BCUT2D eigenvalue weighted by molar-refractivity contribution is 0.0130. The molecule has 2 heterocycles. The maximum absolute atomic E-state index is 10.5. The number of aryl methyl sites for hydroxylation is 2. The SMILES string of the molecule is C=Nc1c(SCc2c(C)nc(NCCOCC3CCCC3)nc2NCCC(CC)C(C)(C)O)ccnc1C. The Balaban J connectivity index is 1.69. The summed E-state index contributed by atoms with van der Waals surface area (Å²) in [5.41, 5.74) is 2.95. The molecule has 1 unspecified atom stereocenters. The number of rotatable bonds is 16. The second-order valence-electron chi connectivity index (χ2n) is 10.8. The average molecular weight is 543 g/mol. The van der Waals surface area contributed by atoms with Gasteiger partial charge in [-0.25, -0.2) is 4.98 Å². The van der Waals surface area contributed by atoms with Crippen molar-refractivity contribution >= 4 is 35.9 Å². The number of anilines is 2. The number of aromatic nitrogens is 3. The Hall–Kier alpha value is -2.23. The highest BCUT2D eigenvalue weighted by atomic mass is 32.2. The number of nitrogens with one attached hydrogen (secondary N) is 2. The summed E-state index contributed by atoms with van der Waals surface area (Å²) in [5, 5.41) is 17.4. The third-order valence-corrected chi connectivity index (χ3v) is 8.52. The summed E-state index contributed by atoms with van der Waals surface area (Å²) >= 11 is 1.68. The predicted octanol–water partition coefficient (Wildman–Crippen LogP) is 6.33. The number of aliphatic imine (C=N–C) groups is 1. The van der Waals surface area contributed by atoms with Crippen molar-refractivity contribution in [1.82, 2.24) is 15.0 Å². The van der Waals surface area contributed by atoms with Crippen LogP contribution in [-0.2, 0) is 10.5 Å². The molecule has 8 nitrogen and oxygen atoms in total. The van der Waals surface area contributed by atoms with Crippen molar-refractivity contribution in [2.75, 3.05) is 36.9 Å². The minimum atomic E-state index is -0.713. The van der Waals surface area contributed by atoms with E-state index in [0.29, 0.717) is 31.4 Å². The second kappa shape index (κ2) is 14.8. The van der Waals surface area contributed by atoms with Crippen molar-refractivity contribution in [2.24, 2.45) is 16.8 Å². The maximum Gasteiger partial charge on any atom is 0.224 e. The lowest BCUT2D eigenvalue weighted by Crippen LogP contribution is -2.32.